The van der Waals surface area contributed by atoms with Crippen LogP contribution >= 0.6 is 11.8 Å². The highest BCUT2D eigenvalue weighted by Crippen LogP contribution is 2.50. The number of hydrogen-bond acceptors (Lipinski definition) is 5. The first kappa shape index (κ1) is 18.3. The molecule has 1 fully saturated rings. The topological polar surface area (TPSA) is 41.4 Å². The van der Waals surface area contributed by atoms with Gasteiger partial charge in [0.1, 0.15) is 16.2 Å². The zero-order chi connectivity index (χ0) is 19.6. The molecule has 2 aliphatic rings. The molecule has 1 saturated heterocycles. The summed E-state index contributed by atoms with van der Waals surface area (Å²) < 4.78 is 2.19. The molecule has 1 unspecified atom stereocenters. The van der Waals surface area contributed by atoms with Crippen molar-refractivity contribution in [2.45, 2.75) is 11.9 Å². The molecular weight excluding hydrogens is 380 g/mol. The Morgan fingerprint density at radius 2 is 1.86 bits per heavy atom. The van der Waals surface area contributed by atoms with E-state index in [-0.39, 0.29) is 5.37 Å². The van der Waals surface area contributed by atoms with Crippen molar-refractivity contribution in [3.63, 3.8) is 0 Å². The molecule has 3 aromatic rings. The van der Waals surface area contributed by atoms with Crippen LogP contribution < -0.4 is 4.90 Å². The molecule has 5 rings (SSSR count). The normalized spacial score (nSPS) is 19.2. The SMILES string of the molecule is O=C=C1SC(c2cccnc2)n2ccc(N3CCN(Cc4ccccc4)CC3)c21. The number of piperazine rings is 1. The van der Waals surface area contributed by atoms with Crippen molar-refractivity contribution >= 4 is 28.3 Å². The van der Waals surface area contributed by atoms with Crippen molar-refractivity contribution in [2.75, 3.05) is 31.1 Å². The van der Waals surface area contributed by atoms with Crippen LogP contribution in [0.25, 0.3) is 4.91 Å². The van der Waals surface area contributed by atoms with Gasteiger partial charge in [-0.25, -0.2) is 4.79 Å². The van der Waals surface area contributed by atoms with E-state index in [0.717, 1.165) is 49.7 Å². The highest BCUT2D eigenvalue weighted by molar-refractivity contribution is 8.09. The molecule has 2 aromatic heterocycles. The lowest BCUT2D eigenvalue weighted by Gasteiger charge is -2.36. The summed E-state index contributed by atoms with van der Waals surface area (Å²) in [6.07, 6.45) is 5.74. The van der Waals surface area contributed by atoms with Crippen molar-refractivity contribution in [3.05, 3.63) is 83.9 Å². The fraction of sp³-hybridized carbons (Fsp3) is 0.261. The van der Waals surface area contributed by atoms with E-state index >= 15 is 0 Å². The van der Waals surface area contributed by atoms with E-state index < -0.39 is 0 Å². The van der Waals surface area contributed by atoms with Gasteiger partial charge in [-0.15, -0.1) is 0 Å². The zero-order valence-electron chi connectivity index (χ0n) is 16.1. The number of pyridine rings is 1. The number of thioether (sulfide) groups is 1. The Morgan fingerprint density at radius 1 is 1.03 bits per heavy atom. The zero-order valence-corrected chi connectivity index (χ0v) is 16.9. The van der Waals surface area contributed by atoms with Crippen molar-refractivity contribution in [2.24, 2.45) is 0 Å². The maximum absolute atomic E-state index is 11.7. The van der Waals surface area contributed by atoms with E-state index in [1.165, 1.54) is 5.56 Å². The fourth-order valence-corrected chi connectivity index (χ4v) is 5.31. The lowest BCUT2D eigenvalue weighted by Crippen LogP contribution is -2.46. The smallest absolute Gasteiger partial charge is 0.141 e. The van der Waals surface area contributed by atoms with Crippen LogP contribution in [0.2, 0.25) is 0 Å². The lowest BCUT2D eigenvalue weighted by atomic mass is 10.2. The first-order valence-electron chi connectivity index (χ1n) is 9.87. The molecule has 0 radical (unpaired) electrons. The summed E-state index contributed by atoms with van der Waals surface area (Å²) in [5.41, 5.74) is 4.59. The second-order valence-corrected chi connectivity index (χ2v) is 8.48. The van der Waals surface area contributed by atoms with Crippen LogP contribution in [0.3, 0.4) is 0 Å². The van der Waals surface area contributed by atoms with Crippen LogP contribution in [0.1, 0.15) is 22.2 Å². The van der Waals surface area contributed by atoms with Gasteiger partial charge in [0.25, 0.3) is 0 Å². The molecule has 0 amide bonds. The minimum Gasteiger partial charge on any atom is -0.367 e. The predicted octanol–water partition coefficient (Wildman–Crippen LogP) is 3.67. The van der Waals surface area contributed by atoms with Crippen LogP contribution in [-0.4, -0.2) is 46.6 Å². The summed E-state index contributed by atoms with van der Waals surface area (Å²) in [7, 11) is 0. The van der Waals surface area contributed by atoms with Gasteiger partial charge in [0.05, 0.1) is 11.4 Å². The maximum atomic E-state index is 11.7. The summed E-state index contributed by atoms with van der Waals surface area (Å²) in [6.45, 7) is 4.93. The predicted molar refractivity (Wildman–Crippen MR) is 117 cm³/mol. The van der Waals surface area contributed by atoms with E-state index in [0.29, 0.717) is 4.91 Å². The van der Waals surface area contributed by atoms with Crippen LogP contribution in [0.5, 0.6) is 0 Å². The number of nitrogens with zero attached hydrogens (tertiary/aromatic N) is 4. The number of carbonyl (C=O) groups excluding carboxylic acids is 1. The molecule has 4 heterocycles. The highest BCUT2D eigenvalue weighted by Gasteiger charge is 2.33. The average Bonchev–Trinajstić information content (AvgIpc) is 3.36. The maximum Gasteiger partial charge on any atom is 0.141 e. The van der Waals surface area contributed by atoms with Gasteiger partial charge in [0.15, 0.2) is 0 Å². The average molecular weight is 403 g/mol. The van der Waals surface area contributed by atoms with Gasteiger partial charge in [0.2, 0.25) is 0 Å². The fourth-order valence-electron chi connectivity index (χ4n) is 4.16. The molecule has 0 bridgehead atoms. The van der Waals surface area contributed by atoms with Gasteiger partial charge in [-0.05, 0) is 17.7 Å². The number of anilines is 1. The first-order valence-corrected chi connectivity index (χ1v) is 10.8. The van der Waals surface area contributed by atoms with Gasteiger partial charge in [0, 0.05) is 56.9 Å². The number of rotatable bonds is 4. The van der Waals surface area contributed by atoms with E-state index in [2.05, 4.69) is 74.0 Å². The van der Waals surface area contributed by atoms with E-state index in [1.54, 1.807) is 18.0 Å². The minimum atomic E-state index is 0.0447. The summed E-state index contributed by atoms with van der Waals surface area (Å²) in [5, 5.41) is 0.0447. The summed E-state index contributed by atoms with van der Waals surface area (Å²) in [5.74, 6) is 2.18. The molecular formula is C23H22N4OS. The van der Waals surface area contributed by atoms with Crippen molar-refractivity contribution < 1.29 is 4.79 Å². The Morgan fingerprint density at radius 3 is 2.59 bits per heavy atom. The van der Waals surface area contributed by atoms with Gasteiger partial charge in [-0.1, -0.05) is 48.2 Å². The summed E-state index contributed by atoms with van der Waals surface area (Å²) in [4.78, 5) is 21.5. The van der Waals surface area contributed by atoms with Crippen LogP contribution in [0, 0.1) is 0 Å². The summed E-state index contributed by atoms with van der Waals surface area (Å²) in [6, 6.07) is 16.8. The minimum absolute atomic E-state index is 0.0447. The molecule has 2 aliphatic heterocycles. The monoisotopic (exact) mass is 402 g/mol. The Hall–Kier alpha value is -2.79. The Bertz CT molecular complexity index is 1040. The molecule has 0 aliphatic carbocycles. The first-order chi connectivity index (χ1) is 14.3. The standard InChI is InChI=1S/C23H22N4OS/c28-17-21-22-20(8-10-27(22)23(29-21)19-7-4-9-24-15-19)26-13-11-25(12-14-26)16-18-5-2-1-3-6-18/h1-10,15,23H,11-14,16H2. The Labute approximate surface area is 174 Å². The molecule has 0 saturated carbocycles. The van der Waals surface area contributed by atoms with Gasteiger partial charge >= 0.3 is 0 Å². The van der Waals surface area contributed by atoms with Crippen LogP contribution in [-0.2, 0) is 11.3 Å². The quantitative estimate of drug-likeness (QED) is 0.623. The lowest BCUT2D eigenvalue weighted by molar-refractivity contribution is 0.250. The van der Waals surface area contributed by atoms with Crippen molar-refractivity contribution in [1.82, 2.24) is 14.5 Å². The summed E-state index contributed by atoms with van der Waals surface area (Å²) >= 11 is 1.56. The van der Waals surface area contributed by atoms with Crippen LogP contribution in [0.4, 0.5) is 5.69 Å². The molecule has 5 nitrogen and oxygen atoms in total. The second-order valence-electron chi connectivity index (χ2n) is 7.39. The van der Waals surface area contributed by atoms with Gasteiger partial charge in [-0.3, -0.25) is 9.88 Å². The Balaban J connectivity index is 1.34. The molecule has 1 aromatic carbocycles. The van der Waals surface area contributed by atoms with Gasteiger partial charge in [-0.2, -0.15) is 0 Å². The highest BCUT2D eigenvalue weighted by atomic mass is 32.2. The molecule has 6 heteroatoms. The van der Waals surface area contributed by atoms with Crippen LogP contribution in [0.15, 0.2) is 67.1 Å². The number of aromatic nitrogens is 2. The second kappa shape index (κ2) is 7.91. The molecule has 146 valence electrons. The van der Waals surface area contributed by atoms with Crippen molar-refractivity contribution in [3.8, 4) is 0 Å². The number of benzene rings is 1. The largest absolute Gasteiger partial charge is 0.367 e. The van der Waals surface area contributed by atoms with E-state index in [1.807, 2.05) is 12.3 Å². The molecule has 1 atom stereocenters. The number of fused-ring (bicyclic) bond motifs is 1. The van der Waals surface area contributed by atoms with E-state index in [4.69, 9.17) is 0 Å². The third kappa shape index (κ3) is 3.51. The number of hydrogen-bond donors (Lipinski definition) is 0. The molecule has 29 heavy (non-hydrogen) atoms. The van der Waals surface area contributed by atoms with Crippen molar-refractivity contribution in [1.29, 1.82) is 0 Å². The third-order valence-electron chi connectivity index (χ3n) is 5.62. The van der Waals surface area contributed by atoms with E-state index in [9.17, 15) is 4.79 Å². The molecule has 0 N–H and O–H groups in total. The molecule has 0 spiro atoms. The van der Waals surface area contributed by atoms with Gasteiger partial charge < -0.3 is 9.47 Å². The third-order valence-corrected chi connectivity index (χ3v) is 6.85. The Kier molecular flexibility index (Phi) is 4.98.